The third-order valence-electron chi connectivity index (χ3n) is 5.75. The third-order valence-corrected chi connectivity index (χ3v) is 5.75. The zero-order valence-electron chi connectivity index (χ0n) is 18.3. The van der Waals surface area contributed by atoms with E-state index >= 15 is 0 Å². The van der Waals surface area contributed by atoms with Gasteiger partial charge in [-0.2, -0.15) is 0 Å². The summed E-state index contributed by atoms with van der Waals surface area (Å²) in [5.41, 5.74) is 5.66. The Hall–Kier alpha value is -2.87. The Morgan fingerprint density at radius 3 is 2.45 bits per heavy atom. The van der Waals surface area contributed by atoms with Crippen LogP contribution in [0.15, 0.2) is 78.3 Å². The van der Waals surface area contributed by atoms with Crippen molar-refractivity contribution in [1.29, 1.82) is 0 Å². The molecule has 3 aromatic carbocycles. The second-order valence-corrected chi connectivity index (χ2v) is 8.41. The fraction of sp³-hybridized carbons (Fsp3) is 0.296. The van der Waals surface area contributed by atoms with E-state index in [1.807, 2.05) is 6.08 Å². The van der Waals surface area contributed by atoms with Gasteiger partial charge >= 0.3 is 0 Å². The molecule has 0 amide bonds. The van der Waals surface area contributed by atoms with Crippen LogP contribution >= 0.6 is 0 Å². The number of benzene rings is 3. The molecule has 0 spiro atoms. The molecule has 2 heteroatoms. The summed E-state index contributed by atoms with van der Waals surface area (Å²) in [6.45, 7) is 15.7. The molecule has 0 fully saturated rings. The molecule has 3 rings (SSSR count). The molecule has 0 aliphatic carbocycles. The molecule has 0 saturated carbocycles. The first-order chi connectivity index (χ1) is 13.9. The van der Waals surface area contributed by atoms with Crippen LogP contribution in [0.3, 0.4) is 0 Å². The van der Waals surface area contributed by atoms with E-state index in [1.165, 1.54) is 21.9 Å². The number of nitrogens with one attached hydrogen (secondary N) is 1. The van der Waals surface area contributed by atoms with Gasteiger partial charge in [-0.1, -0.05) is 82.3 Å². The summed E-state index contributed by atoms with van der Waals surface area (Å²) in [4.78, 5) is 5.17. The average molecular weight is 385 g/mol. The fourth-order valence-electron chi connectivity index (χ4n) is 3.87. The Balaban J connectivity index is 2.10. The monoisotopic (exact) mass is 384 g/mol. The first-order valence-electron chi connectivity index (χ1n) is 10.4. The van der Waals surface area contributed by atoms with Crippen LogP contribution in [0.4, 0.5) is 11.4 Å². The summed E-state index contributed by atoms with van der Waals surface area (Å²) in [5.74, 6) is 0.400. The van der Waals surface area contributed by atoms with E-state index in [1.54, 1.807) is 0 Å². The number of hydrogen-bond donors (Lipinski definition) is 1. The van der Waals surface area contributed by atoms with E-state index in [4.69, 9.17) is 4.99 Å². The first-order valence-corrected chi connectivity index (χ1v) is 10.4. The van der Waals surface area contributed by atoms with Gasteiger partial charge in [-0.05, 0) is 46.9 Å². The van der Waals surface area contributed by atoms with Crippen molar-refractivity contribution in [1.82, 2.24) is 0 Å². The number of aliphatic imine (C=N–C) groups is 1. The van der Waals surface area contributed by atoms with Gasteiger partial charge in [0.2, 0.25) is 0 Å². The fourth-order valence-corrected chi connectivity index (χ4v) is 3.87. The van der Waals surface area contributed by atoms with Gasteiger partial charge in [0.25, 0.3) is 0 Å². The van der Waals surface area contributed by atoms with Crippen LogP contribution in [-0.4, -0.2) is 12.3 Å². The highest BCUT2D eigenvalue weighted by molar-refractivity contribution is 5.97. The zero-order valence-corrected chi connectivity index (χ0v) is 18.3. The lowest BCUT2D eigenvalue weighted by Crippen LogP contribution is -2.28. The van der Waals surface area contributed by atoms with Crippen molar-refractivity contribution in [2.75, 3.05) is 11.9 Å². The van der Waals surface area contributed by atoms with Gasteiger partial charge < -0.3 is 5.32 Å². The van der Waals surface area contributed by atoms with Crippen molar-refractivity contribution < 1.29 is 0 Å². The minimum Gasteiger partial charge on any atom is -0.381 e. The van der Waals surface area contributed by atoms with Gasteiger partial charge in [0, 0.05) is 23.4 Å². The maximum atomic E-state index is 5.17. The van der Waals surface area contributed by atoms with Crippen LogP contribution in [0.2, 0.25) is 0 Å². The molecule has 3 aromatic rings. The molecular weight excluding hydrogens is 352 g/mol. The topological polar surface area (TPSA) is 24.4 Å². The molecule has 0 aliphatic heterocycles. The molecule has 0 bridgehead atoms. The second-order valence-electron chi connectivity index (χ2n) is 8.41. The number of anilines is 1. The van der Waals surface area contributed by atoms with Crippen molar-refractivity contribution in [3.8, 4) is 0 Å². The maximum Gasteiger partial charge on any atom is 0.0670 e. The van der Waals surface area contributed by atoms with Crippen LogP contribution in [0.25, 0.3) is 10.8 Å². The Labute approximate surface area is 175 Å². The second kappa shape index (κ2) is 8.65. The molecule has 0 saturated heterocycles. The number of nitrogens with zero attached hydrogens (tertiary/aromatic N) is 1. The molecular formula is C27H32N2. The molecule has 0 radical (unpaired) electrons. The van der Waals surface area contributed by atoms with Crippen molar-refractivity contribution in [3.63, 3.8) is 0 Å². The van der Waals surface area contributed by atoms with E-state index in [0.29, 0.717) is 5.92 Å². The van der Waals surface area contributed by atoms with Gasteiger partial charge in [0.15, 0.2) is 0 Å². The van der Waals surface area contributed by atoms with Crippen molar-refractivity contribution in [2.24, 2.45) is 4.99 Å². The van der Waals surface area contributed by atoms with Gasteiger partial charge in [-0.15, -0.1) is 6.58 Å². The summed E-state index contributed by atoms with van der Waals surface area (Å²) in [6, 6.07) is 21.4. The minimum absolute atomic E-state index is 0.204. The van der Waals surface area contributed by atoms with Crippen molar-refractivity contribution in [2.45, 2.75) is 46.0 Å². The number of hydrogen-bond acceptors (Lipinski definition) is 2. The highest BCUT2D eigenvalue weighted by atomic mass is 14.9. The molecule has 0 aromatic heterocycles. The van der Waals surface area contributed by atoms with Crippen molar-refractivity contribution in [3.05, 3.63) is 84.4 Å². The summed E-state index contributed by atoms with van der Waals surface area (Å²) in [6.07, 6.45) is 1.88. The van der Waals surface area contributed by atoms with E-state index in [-0.39, 0.29) is 5.41 Å². The molecule has 0 atom stereocenters. The lowest BCUT2D eigenvalue weighted by atomic mass is 9.79. The normalized spacial score (nSPS) is 12.4. The molecule has 2 nitrogen and oxygen atoms in total. The van der Waals surface area contributed by atoms with Crippen molar-refractivity contribution >= 4 is 27.9 Å². The molecule has 0 aliphatic rings. The minimum atomic E-state index is -0.204. The predicted molar refractivity (Wildman–Crippen MR) is 129 cm³/mol. The molecule has 29 heavy (non-hydrogen) atoms. The van der Waals surface area contributed by atoms with Crippen LogP contribution in [0.1, 0.15) is 51.7 Å². The molecule has 150 valence electrons. The molecule has 1 N–H and O–H groups in total. The van der Waals surface area contributed by atoms with Gasteiger partial charge in [-0.3, -0.25) is 4.99 Å². The largest absolute Gasteiger partial charge is 0.381 e. The molecule has 0 heterocycles. The molecule has 0 unspecified atom stereocenters. The van der Waals surface area contributed by atoms with Crippen LogP contribution in [0.5, 0.6) is 0 Å². The van der Waals surface area contributed by atoms with Gasteiger partial charge in [0.05, 0.1) is 5.69 Å². The Bertz CT molecular complexity index is 1040. The smallest absolute Gasteiger partial charge is 0.0670 e. The Kier molecular flexibility index (Phi) is 6.22. The standard InChI is InChI=1S/C27H32N2/c1-7-18-28-24-15-11-10-14-23(24)27(5,6)20(4)29-25-17-16-21-12-8-9-13-22(21)26(25)19(2)3/h7-17,19,28H,1,18H2,2-6H3. The number of fused-ring (bicyclic) bond motifs is 1. The van der Waals surface area contributed by atoms with Gasteiger partial charge in [0.1, 0.15) is 0 Å². The highest BCUT2D eigenvalue weighted by Gasteiger charge is 2.27. The zero-order chi connectivity index (χ0) is 21.0. The SMILES string of the molecule is C=CCNc1ccccc1C(C)(C)C(C)=Nc1ccc2ccccc2c1C(C)C. The van der Waals surface area contributed by atoms with Crippen LogP contribution in [-0.2, 0) is 5.41 Å². The van der Waals surface area contributed by atoms with E-state index in [2.05, 4.69) is 107 Å². The van der Waals surface area contributed by atoms with Crippen LogP contribution < -0.4 is 5.32 Å². The first kappa shape index (κ1) is 20.9. The van der Waals surface area contributed by atoms with E-state index in [9.17, 15) is 0 Å². The Morgan fingerprint density at radius 1 is 1.03 bits per heavy atom. The number of rotatable bonds is 7. The average Bonchev–Trinajstić information content (AvgIpc) is 2.71. The van der Waals surface area contributed by atoms with Gasteiger partial charge in [-0.25, -0.2) is 0 Å². The highest BCUT2D eigenvalue weighted by Crippen LogP contribution is 2.37. The quantitative estimate of drug-likeness (QED) is 0.328. The third kappa shape index (κ3) is 4.27. The summed E-state index contributed by atoms with van der Waals surface area (Å²) >= 11 is 0. The summed E-state index contributed by atoms with van der Waals surface area (Å²) < 4.78 is 0. The van der Waals surface area contributed by atoms with Crippen LogP contribution in [0, 0.1) is 0 Å². The predicted octanol–water partition coefficient (Wildman–Crippen LogP) is 7.63. The summed E-state index contributed by atoms with van der Waals surface area (Å²) in [5, 5.41) is 6.03. The Morgan fingerprint density at radius 2 is 1.72 bits per heavy atom. The lowest BCUT2D eigenvalue weighted by molar-refractivity contribution is 0.715. The lowest BCUT2D eigenvalue weighted by Gasteiger charge is -2.28. The maximum absolute atomic E-state index is 5.17. The van der Waals surface area contributed by atoms with E-state index in [0.717, 1.165) is 23.6 Å². The summed E-state index contributed by atoms with van der Waals surface area (Å²) in [7, 11) is 0. The number of para-hydroxylation sites is 1. The van der Waals surface area contributed by atoms with E-state index < -0.39 is 0 Å².